The molecule has 0 aromatic rings. The van der Waals surface area contributed by atoms with Crippen LogP contribution in [-0.2, 0) is 9.47 Å². The maximum Gasteiger partial charge on any atom is 0.404 e. The van der Waals surface area contributed by atoms with Gasteiger partial charge in [0.25, 0.3) is 0 Å². The quantitative estimate of drug-likeness (QED) is 0.349. The van der Waals surface area contributed by atoms with E-state index in [0.29, 0.717) is 23.5 Å². The van der Waals surface area contributed by atoms with Crippen LogP contribution < -0.4 is 5.73 Å². The molecule has 4 aliphatic carbocycles. The molecule has 0 aromatic carbocycles. The molecule has 4 rings (SSSR count). The molecule has 9 atom stereocenters. The zero-order valence-corrected chi connectivity index (χ0v) is 22.8. The average Bonchev–Trinajstić information content (AvgIpc) is 3.13. The van der Waals surface area contributed by atoms with Gasteiger partial charge in [-0.2, -0.15) is 0 Å². The van der Waals surface area contributed by atoms with E-state index in [1.807, 2.05) is 0 Å². The van der Waals surface area contributed by atoms with Gasteiger partial charge in [-0.05, 0) is 110 Å². The first-order valence-corrected chi connectivity index (χ1v) is 14.7. The van der Waals surface area contributed by atoms with E-state index >= 15 is 0 Å². The Bertz CT molecular complexity index is 695. The summed E-state index contributed by atoms with van der Waals surface area (Å²) < 4.78 is 11.0. The Kier molecular flexibility index (Phi) is 8.27. The van der Waals surface area contributed by atoms with Gasteiger partial charge in [-0.15, -0.1) is 0 Å². The summed E-state index contributed by atoms with van der Waals surface area (Å²) in [5.74, 6) is 6.30. The van der Waals surface area contributed by atoms with Crippen molar-refractivity contribution in [3.05, 3.63) is 0 Å². The normalized spacial score (nSPS) is 42.5. The smallest absolute Gasteiger partial charge is 0.404 e. The standard InChI is InChI=1S/C30H53NO3/c1-20(2)7-6-8-21(3)25-11-12-26-24-10-9-22-19-23(33-17-18-34-28(31)32)13-15-29(22,4)27(24)14-16-30(25,26)5/h20-27H,6-19H2,1-5H3,(H2,31,32)/t21-,22?,23?,24+,25-,26+,27+,29+,30-/m1/s1. The summed E-state index contributed by atoms with van der Waals surface area (Å²) >= 11 is 0. The van der Waals surface area contributed by atoms with Crippen molar-refractivity contribution in [3.8, 4) is 0 Å². The zero-order chi connectivity index (χ0) is 24.5. The van der Waals surface area contributed by atoms with Crippen LogP contribution in [0.15, 0.2) is 0 Å². The highest BCUT2D eigenvalue weighted by atomic mass is 16.6. The molecule has 4 saturated carbocycles. The molecule has 0 bridgehead atoms. The van der Waals surface area contributed by atoms with Gasteiger partial charge in [0.2, 0.25) is 0 Å². The minimum Gasteiger partial charge on any atom is -0.447 e. The Morgan fingerprint density at radius 2 is 1.65 bits per heavy atom. The minimum absolute atomic E-state index is 0.274. The van der Waals surface area contributed by atoms with Crippen molar-refractivity contribution >= 4 is 6.09 Å². The molecule has 4 heteroatoms. The van der Waals surface area contributed by atoms with Crippen molar-refractivity contribution in [2.24, 2.45) is 58.0 Å². The molecule has 1 amide bonds. The predicted octanol–water partition coefficient (Wildman–Crippen LogP) is 7.59. The third-order valence-corrected chi connectivity index (χ3v) is 11.5. The molecule has 0 radical (unpaired) electrons. The van der Waals surface area contributed by atoms with E-state index in [-0.39, 0.29) is 6.61 Å². The molecule has 34 heavy (non-hydrogen) atoms. The molecule has 4 fully saturated rings. The van der Waals surface area contributed by atoms with Gasteiger partial charge in [-0.1, -0.05) is 53.9 Å². The van der Waals surface area contributed by atoms with E-state index in [4.69, 9.17) is 15.2 Å². The van der Waals surface area contributed by atoms with E-state index in [2.05, 4.69) is 34.6 Å². The second kappa shape index (κ2) is 10.7. The first-order chi connectivity index (χ1) is 16.1. The number of ether oxygens (including phenoxy) is 2. The van der Waals surface area contributed by atoms with Crippen molar-refractivity contribution in [2.75, 3.05) is 13.2 Å². The lowest BCUT2D eigenvalue weighted by atomic mass is 9.44. The molecule has 0 heterocycles. The zero-order valence-electron chi connectivity index (χ0n) is 22.8. The van der Waals surface area contributed by atoms with Crippen LogP contribution in [0, 0.1) is 52.3 Å². The fraction of sp³-hybridized carbons (Fsp3) is 0.967. The number of hydrogen-bond donors (Lipinski definition) is 1. The van der Waals surface area contributed by atoms with Crippen molar-refractivity contribution in [1.82, 2.24) is 0 Å². The number of rotatable bonds is 9. The van der Waals surface area contributed by atoms with Crippen LogP contribution in [0.1, 0.15) is 112 Å². The molecule has 0 spiro atoms. The third kappa shape index (κ3) is 5.18. The van der Waals surface area contributed by atoms with Crippen molar-refractivity contribution in [2.45, 2.75) is 118 Å². The van der Waals surface area contributed by atoms with Crippen LogP contribution in [-0.4, -0.2) is 25.4 Å². The SMILES string of the molecule is CC(C)CCC[C@@H](C)[C@H]1CC[C@H]2[C@@H]3CCC4CC(OCCOC(N)=O)CC[C@]4(C)[C@H]3CC[C@]12C. The van der Waals surface area contributed by atoms with Crippen LogP contribution in [0.5, 0.6) is 0 Å². The van der Waals surface area contributed by atoms with Gasteiger partial charge in [0.1, 0.15) is 6.61 Å². The van der Waals surface area contributed by atoms with Crippen molar-refractivity contribution < 1.29 is 14.3 Å². The molecule has 0 saturated heterocycles. The Morgan fingerprint density at radius 3 is 2.38 bits per heavy atom. The highest BCUT2D eigenvalue weighted by Crippen LogP contribution is 2.68. The molecule has 2 unspecified atom stereocenters. The molecular weight excluding hydrogens is 422 g/mol. The Hall–Kier alpha value is -0.770. The molecule has 2 N–H and O–H groups in total. The highest BCUT2D eigenvalue weighted by molar-refractivity contribution is 5.64. The van der Waals surface area contributed by atoms with Crippen LogP contribution in [0.25, 0.3) is 0 Å². The second-order valence-corrected chi connectivity index (χ2v) is 13.6. The molecule has 4 nitrogen and oxygen atoms in total. The fourth-order valence-electron chi connectivity index (χ4n) is 9.75. The summed E-state index contributed by atoms with van der Waals surface area (Å²) in [5, 5.41) is 0. The monoisotopic (exact) mass is 475 g/mol. The number of primary amides is 1. The Morgan fingerprint density at radius 1 is 0.912 bits per heavy atom. The Balaban J connectivity index is 1.35. The van der Waals surface area contributed by atoms with Crippen LogP contribution in [0.3, 0.4) is 0 Å². The van der Waals surface area contributed by atoms with Gasteiger partial charge in [-0.25, -0.2) is 4.79 Å². The highest BCUT2D eigenvalue weighted by Gasteiger charge is 2.60. The summed E-state index contributed by atoms with van der Waals surface area (Å²) in [4.78, 5) is 10.8. The minimum atomic E-state index is -0.707. The maximum absolute atomic E-state index is 10.8. The predicted molar refractivity (Wildman–Crippen MR) is 138 cm³/mol. The maximum atomic E-state index is 10.8. The van der Waals surface area contributed by atoms with Gasteiger partial charge in [-0.3, -0.25) is 0 Å². The lowest BCUT2D eigenvalue weighted by Gasteiger charge is -2.61. The molecular formula is C30H53NO3. The van der Waals surface area contributed by atoms with Crippen LogP contribution >= 0.6 is 0 Å². The van der Waals surface area contributed by atoms with Crippen LogP contribution in [0.2, 0.25) is 0 Å². The Labute approximate surface area is 209 Å². The number of fused-ring (bicyclic) bond motifs is 5. The summed E-state index contributed by atoms with van der Waals surface area (Å²) in [6.45, 7) is 13.4. The number of nitrogens with two attached hydrogens (primary N) is 1. The fourth-order valence-corrected chi connectivity index (χ4v) is 9.75. The first kappa shape index (κ1) is 26.3. The average molecular weight is 476 g/mol. The molecule has 4 aliphatic rings. The number of amides is 1. The summed E-state index contributed by atoms with van der Waals surface area (Å²) in [7, 11) is 0. The number of hydrogen-bond acceptors (Lipinski definition) is 3. The van der Waals surface area contributed by atoms with Gasteiger partial charge in [0.05, 0.1) is 12.7 Å². The van der Waals surface area contributed by atoms with Gasteiger partial charge in [0, 0.05) is 0 Å². The lowest BCUT2D eigenvalue weighted by Crippen LogP contribution is -2.54. The summed E-state index contributed by atoms with van der Waals surface area (Å²) in [6, 6.07) is 0. The molecule has 0 aromatic heterocycles. The van der Waals surface area contributed by atoms with E-state index < -0.39 is 6.09 Å². The van der Waals surface area contributed by atoms with E-state index in [9.17, 15) is 4.79 Å². The van der Waals surface area contributed by atoms with Crippen molar-refractivity contribution in [1.29, 1.82) is 0 Å². The van der Waals surface area contributed by atoms with Gasteiger partial charge in [0.15, 0.2) is 0 Å². The first-order valence-electron chi connectivity index (χ1n) is 14.7. The molecule has 196 valence electrons. The van der Waals surface area contributed by atoms with E-state index in [0.717, 1.165) is 47.8 Å². The van der Waals surface area contributed by atoms with Gasteiger partial charge >= 0.3 is 6.09 Å². The summed E-state index contributed by atoms with van der Waals surface area (Å²) in [5.41, 5.74) is 6.15. The van der Waals surface area contributed by atoms with E-state index in [1.165, 1.54) is 70.6 Å². The summed E-state index contributed by atoms with van der Waals surface area (Å²) in [6.07, 6.45) is 16.2. The third-order valence-electron chi connectivity index (χ3n) is 11.5. The largest absolute Gasteiger partial charge is 0.447 e. The van der Waals surface area contributed by atoms with Gasteiger partial charge < -0.3 is 15.2 Å². The van der Waals surface area contributed by atoms with E-state index in [1.54, 1.807) is 0 Å². The molecule has 0 aliphatic heterocycles. The van der Waals surface area contributed by atoms with Crippen LogP contribution in [0.4, 0.5) is 4.79 Å². The second-order valence-electron chi connectivity index (χ2n) is 13.6. The topological polar surface area (TPSA) is 61.6 Å². The lowest BCUT2D eigenvalue weighted by molar-refractivity contribution is -0.138. The van der Waals surface area contributed by atoms with Crippen molar-refractivity contribution in [3.63, 3.8) is 0 Å². The number of carbonyl (C=O) groups is 1. The number of carbonyl (C=O) groups excluding carboxylic acids is 1.